The van der Waals surface area contributed by atoms with Crippen LogP contribution in [0.1, 0.15) is 13.3 Å². The summed E-state index contributed by atoms with van der Waals surface area (Å²) in [4.78, 5) is 0. The molecule has 2 rings (SSSR count). The van der Waals surface area contributed by atoms with Crippen molar-refractivity contribution < 1.29 is 14.2 Å². The van der Waals surface area contributed by atoms with Crippen LogP contribution in [-0.4, -0.2) is 32.7 Å². The van der Waals surface area contributed by atoms with Gasteiger partial charge in [-0.25, -0.2) is 0 Å². The van der Waals surface area contributed by atoms with Gasteiger partial charge in [-0.2, -0.15) is 0 Å². The molecule has 0 aromatic carbocycles. The van der Waals surface area contributed by atoms with Gasteiger partial charge in [0, 0.05) is 6.61 Å². The van der Waals surface area contributed by atoms with Crippen LogP contribution in [0, 0.1) is 0 Å². The quantitative estimate of drug-likeness (QED) is 0.552. The molecule has 1 atom stereocenters. The van der Waals surface area contributed by atoms with Gasteiger partial charge in [0.2, 0.25) is 0 Å². The molecule has 2 saturated heterocycles. The van der Waals surface area contributed by atoms with Gasteiger partial charge in [0.05, 0.1) is 13.2 Å². The van der Waals surface area contributed by atoms with Gasteiger partial charge in [-0.05, 0) is 6.42 Å². The summed E-state index contributed by atoms with van der Waals surface area (Å²) in [5.74, 6) is 0. The van der Waals surface area contributed by atoms with Crippen LogP contribution >= 0.6 is 0 Å². The fourth-order valence-electron chi connectivity index (χ4n) is 0.385. The minimum absolute atomic E-state index is 0.153. The Morgan fingerprint density at radius 3 is 2.40 bits per heavy atom. The molecule has 60 valence electrons. The van der Waals surface area contributed by atoms with Gasteiger partial charge in [0.15, 0.2) is 6.29 Å². The maximum absolute atomic E-state index is 5.08. The van der Waals surface area contributed by atoms with E-state index in [4.69, 9.17) is 9.47 Å². The Bertz CT molecular complexity index is 76.2. The lowest BCUT2D eigenvalue weighted by molar-refractivity contribution is 0.0508. The Morgan fingerprint density at radius 1 is 1.50 bits per heavy atom. The molecule has 0 aromatic rings. The van der Waals surface area contributed by atoms with E-state index in [2.05, 4.69) is 11.7 Å². The van der Waals surface area contributed by atoms with Gasteiger partial charge in [-0.15, -0.1) is 0 Å². The van der Waals surface area contributed by atoms with Crippen LogP contribution in [0.5, 0.6) is 0 Å². The molecule has 2 aliphatic heterocycles. The van der Waals surface area contributed by atoms with E-state index >= 15 is 0 Å². The Labute approximate surface area is 61.3 Å². The van der Waals surface area contributed by atoms with Crippen molar-refractivity contribution in [1.29, 1.82) is 0 Å². The molecule has 2 aliphatic rings. The van der Waals surface area contributed by atoms with Crippen molar-refractivity contribution in [2.24, 2.45) is 0 Å². The highest BCUT2D eigenvalue weighted by Gasteiger charge is 2.21. The summed E-state index contributed by atoms with van der Waals surface area (Å²) in [7, 11) is 0. The van der Waals surface area contributed by atoms with Crippen LogP contribution in [0.25, 0.3) is 0 Å². The molecule has 10 heavy (non-hydrogen) atoms. The first-order valence-corrected chi connectivity index (χ1v) is 3.74. The highest BCUT2D eigenvalue weighted by Crippen LogP contribution is 2.09. The normalized spacial score (nSPS) is 26.7. The standard InChI is InChI=1S/C5H10O2.C2H4O/c1-2-3-6-5-4-7-5;1-2-3-1/h5H,2-4H2,1H3;1-2H2. The smallest absolute Gasteiger partial charge is 0.181 e. The predicted octanol–water partition coefficient (Wildman–Crippen LogP) is 0.786. The second kappa shape index (κ2) is 4.66. The number of ether oxygens (including phenoxy) is 3. The molecule has 1 unspecified atom stereocenters. The Morgan fingerprint density at radius 2 is 2.10 bits per heavy atom. The largest absolute Gasteiger partial charge is 0.377 e. The van der Waals surface area contributed by atoms with E-state index in [9.17, 15) is 0 Å². The van der Waals surface area contributed by atoms with Crippen LogP contribution in [0.4, 0.5) is 0 Å². The molecule has 3 heteroatoms. The minimum atomic E-state index is 0.153. The van der Waals surface area contributed by atoms with E-state index in [1.54, 1.807) is 0 Å². The van der Waals surface area contributed by atoms with Crippen molar-refractivity contribution >= 4 is 0 Å². The zero-order valence-electron chi connectivity index (χ0n) is 6.34. The maximum Gasteiger partial charge on any atom is 0.181 e. The summed E-state index contributed by atoms with van der Waals surface area (Å²) in [6.07, 6.45) is 1.24. The van der Waals surface area contributed by atoms with Gasteiger partial charge >= 0.3 is 0 Å². The Hall–Kier alpha value is -0.120. The van der Waals surface area contributed by atoms with Crippen molar-refractivity contribution in [2.45, 2.75) is 19.6 Å². The molecular weight excluding hydrogens is 132 g/mol. The molecule has 2 heterocycles. The van der Waals surface area contributed by atoms with E-state index in [1.165, 1.54) is 0 Å². The fourth-order valence-corrected chi connectivity index (χ4v) is 0.385. The van der Waals surface area contributed by atoms with E-state index < -0.39 is 0 Å². The third-order valence-corrected chi connectivity index (χ3v) is 1.01. The summed E-state index contributed by atoms with van der Waals surface area (Å²) >= 11 is 0. The average molecular weight is 146 g/mol. The molecule has 2 fully saturated rings. The van der Waals surface area contributed by atoms with E-state index in [-0.39, 0.29) is 6.29 Å². The topological polar surface area (TPSA) is 34.3 Å². The summed E-state index contributed by atoms with van der Waals surface area (Å²) in [5, 5.41) is 0. The molecule has 0 radical (unpaired) electrons. The monoisotopic (exact) mass is 146 g/mol. The number of hydrogen-bond donors (Lipinski definition) is 0. The van der Waals surface area contributed by atoms with Crippen molar-refractivity contribution in [2.75, 3.05) is 26.4 Å². The average Bonchev–Trinajstić information content (AvgIpc) is 2.74. The van der Waals surface area contributed by atoms with Crippen molar-refractivity contribution in [3.63, 3.8) is 0 Å². The van der Waals surface area contributed by atoms with E-state index in [0.717, 1.165) is 32.8 Å². The van der Waals surface area contributed by atoms with E-state index in [1.807, 2.05) is 0 Å². The third kappa shape index (κ3) is 6.01. The van der Waals surface area contributed by atoms with Crippen molar-refractivity contribution in [1.82, 2.24) is 0 Å². The number of epoxide rings is 2. The molecule has 0 aliphatic carbocycles. The van der Waals surface area contributed by atoms with Gasteiger partial charge < -0.3 is 14.2 Å². The fraction of sp³-hybridized carbons (Fsp3) is 1.00. The highest BCUT2D eigenvalue weighted by molar-refractivity contribution is 4.53. The predicted molar refractivity (Wildman–Crippen MR) is 36.8 cm³/mol. The molecule has 0 aromatic heterocycles. The van der Waals surface area contributed by atoms with Gasteiger partial charge in [-0.1, -0.05) is 6.92 Å². The summed E-state index contributed by atoms with van der Waals surface area (Å²) in [6, 6.07) is 0. The second-order valence-corrected chi connectivity index (χ2v) is 2.25. The van der Waals surface area contributed by atoms with Crippen LogP contribution in [0.3, 0.4) is 0 Å². The Kier molecular flexibility index (Phi) is 3.72. The minimum Gasteiger partial charge on any atom is -0.377 e. The SMILES string of the molecule is C1CO1.CCCOC1CO1. The van der Waals surface area contributed by atoms with E-state index in [0.29, 0.717) is 0 Å². The lowest BCUT2D eigenvalue weighted by Gasteiger charge is -1.91. The zero-order valence-corrected chi connectivity index (χ0v) is 6.34. The molecule has 0 bridgehead atoms. The number of rotatable bonds is 3. The van der Waals surface area contributed by atoms with Crippen molar-refractivity contribution in [3.8, 4) is 0 Å². The van der Waals surface area contributed by atoms with Gasteiger partial charge in [0.25, 0.3) is 0 Å². The third-order valence-electron chi connectivity index (χ3n) is 1.01. The zero-order chi connectivity index (χ0) is 7.23. The first-order valence-electron chi connectivity index (χ1n) is 3.74. The molecule has 3 nitrogen and oxygen atoms in total. The second-order valence-electron chi connectivity index (χ2n) is 2.25. The molecule has 0 spiro atoms. The summed E-state index contributed by atoms with van der Waals surface area (Å²) in [6.45, 7) is 5.73. The Balaban J connectivity index is 0.000000138. The van der Waals surface area contributed by atoms with Gasteiger partial charge in [0.1, 0.15) is 6.61 Å². The lowest BCUT2D eigenvalue weighted by atomic mass is 10.5. The lowest BCUT2D eigenvalue weighted by Crippen LogP contribution is -1.94. The van der Waals surface area contributed by atoms with Crippen LogP contribution < -0.4 is 0 Å². The first-order chi connectivity index (χ1) is 4.93. The van der Waals surface area contributed by atoms with Gasteiger partial charge in [-0.3, -0.25) is 0 Å². The summed E-state index contributed by atoms with van der Waals surface area (Å²) < 4.78 is 14.4. The summed E-state index contributed by atoms with van der Waals surface area (Å²) in [5.41, 5.74) is 0. The molecule has 0 amide bonds. The molecular formula is C7H14O3. The first kappa shape index (κ1) is 7.98. The molecule has 0 N–H and O–H groups in total. The number of hydrogen-bond acceptors (Lipinski definition) is 3. The molecule has 0 saturated carbocycles. The maximum atomic E-state index is 5.08. The van der Waals surface area contributed by atoms with Crippen LogP contribution in [-0.2, 0) is 14.2 Å². The highest BCUT2D eigenvalue weighted by atomic mass is 16.8. The van der Waals surface area contributed by atoms with Crippen LogP contribution in [0.2, 0.25) is 0 Å². The van der Waals surface area contributed by atoms with Crippen molar-refractivity contribution in [3.05, 3.63) is 0 Å². The van der Waals surface area contributed by atoms with Crippen LogP contribution in [0.15, 0.2) is 0 Å².